The van der Waals surface area contributed by atoms with Crippen molar-refractivity contribution < 1.29 is 24.5 Å². The molecule has 5 aromatic rings. The summed E-state index contributed by atoms with van der Waals surface area (Å²) in [7, 11) is 0. The molecule has 10 nitrogen and oxygen atoms in total. The summed E-state index contributed by atoms with van der Waals surface area (Å²) >= 11 is 0. The van der Waals surface area contributed by atoms with Gasteiger partial charge in [0.2, 0.25) is 0 Å². The third-order valence-electron chi connectivity index (χ3n) is 6.04. The zero-order valence-electron chi connectivity index (χ0n) is 20.1. The number of para-hydroxylation sites is 1. The van der Waals surface area contributed by atoms with E-state index in [-0.39, 0.29) is 29.1 Å². The van der Waals surface area contributed by atoms with Crippen LogP contribution in [-0.2, 0) is 4.79 Å². The van der Waals surface area contributed by atoms with Crippen molar-refractivity contribution in [2.45, 2.75) is 26.4 Å². The van der Waals surface area contributed by atoms with Crippen molar-refractivity contribution in [1.29, 1.82) is 0 Å². The minimum atomic E-state index is -1.07. The van der Waals surface area contributed by atoms with E-state index in [0.29, 0.717) is 39.2 Å². The zero-order valence-corrected chi connectivity index (χ0v) is 20.1. The van der Waals surface area contributed by atoms with Gasteiger partial charge in [0.05, 0.1) is 11.2 Å². The molecule has 0 aliphatic heterocycles. The summed E-state index contributed by atoms with van der Waals surface area (Å²) in [5.74, 6) is 0.0628. The summed E-state index contributed by atoms with van der Waals surface area (Å²) in [6.45, 7) is 3.53. The van der Waals surface area contributed by atoms with Gasteiger partial charge in [0, 0.05) is 17.5 Å². The number of nitrogens with two attached hydrogens (primary N) is 1. The molecule has 37 heavy (non-hydrogen) atoms. The first-order chi connectivity index (χ1) is 17.8. The molecule has 10 heteroatoms. The van der Waals surface area contributed by atoms with E-state index in [1.54, 1.807) is 43.3 Å². The van der Waals surface area contributed by atoms with Gasteiger partial charge in [-0.1, -0.05) is 25.1 Å². The smallest absolute Gasteiger partial charge is 0.344 e. The number of anilines is 1. The number of ether oxygens (including phenoxy) is 2. The Morgan fingerprint density at radius 1 is 1.14 bits per heavy atom. The predicted octanol–water partition coefficient (Wildman–Crippen LogP) is 4.50. The number of carbonyl (C=O) groups is 1. The number of rotatable bonds is 7. The molecule has 1 atom stereocenters. The van der Waals surface area contributed by atoms with E-state index in [2.05, 4.69) is 10.1 Å². The minimum absolute atomic E-state index is 0.106. The van der Waals surface area contributed by atoms with Crippen LogP contribution in [0.2, 0.25) is 0 Å². The molecule has 0 saturated carbocycles. The molecule has 3 aromatic carbocycles. The van der Waals surface area contributed by atoms with Gasteiger partial charge in [-0.05, 0) is 49.2 Å². The number of nitrogen functional groups attached to an aromatic ring is 1. The van der Waals surface area contributed by atoms with Crippen LogP contribution in [0.4, 0.5) is 5.82 Å². The van der Waals surface area contributed by atoms with Crippen LogP contribution in [0, 0.1) is 6.92 Å². The van der Waals surface area contributed by atoms with Gasteiger partial charge in [-0.15, -0.1) is 0 Å². The Hall–Kier alpha value is -4.99. The molecule has 0 fully saturated rings. The topological polar surface area (TPSA) is 153 Å². The molecule has 2 heterocycles. The lowest BCUT2D eigenvalue weighted by atomic mass is 10.1. The van der Waals surface area contributed by atoms with Crippen LogP contribution in [0.25, 0.3) is 27.5 Å². The zero-order chi connectivity index (χ0) is 26.3. The summed E-state index contributed by atoms with van der Waals surface area (Å²) in [6.07, 6.45) is -0.724. The van der Waals surface area contributed by atoms with Crippen LogP contribution in [0.3, 0.4) is 0 Å². The molecule has 0 aliphatic rings. The summed E-state index contributed by atoms with van der Waals surface area (Å²) in [5.41, 5.74) is 7.88. The fraction of sp³-hybridized carbons (Fsp3) is 0.148. The Labute approximate surface area is 210 Å². The van der Waals surface area contributed by atoms with Crippen LogP contribution in [0.15, 0.2) is 65.5 Å². The molecule has 0 bridgehead atoms. The van der Waals surface area contributed by atoms with E-state index in [0.717, 1.165) is 0 Å². The highest BCUT2D eigenvalue weighted by Crippen LogP contribution is 2.36. The Kier molecular flexibility index (Phi) is 5.92. The Morgan fingerprint density at radius 3 is 2.59 bits per heavy atom. The molecule has 0 saturated heterocycles. The van der Waals surface area contributed by atoms with Crippen LogP contribution < -0.4 is 20.8 Å². The van der Waals surface area contributed by atoms with E-state index >= 15 is 0 Å². The highest BCUT2D eigenvalue weighted by Gasteiger charge is 2.21. The number of aliphatic carboxylic acids is 1. The fourth-order valence-electron chi connectivity index (χ4n) is 4.18. The lowest BCUT2D eigenvalue weighted by Crippen LogP contribution is -2.25. The molecule has 1 unspecified atom stereocenters. The molecular weight excluding hydrogens is 476 g/mol. The number of fused-ring (bicyclic) bond motifs is 3. The number of hydrogen-bond donors (Lipinski definition) is 4. The number of phenolic OH excluding ortho intramolecular Hbond substituents is 1. The number of hydrogen-bond acceptors (Lipinski definition) is 7. The average Bonchev–Trinajstić information content (AvgIpc) is 3.22. The van der Waals surface area contributed by atoms with E-state index < -0.39 is 17.6 Å². The van der Waals surface area contributed by atoms with Gasteiger partial charge in [-0.3, -0.25) is 4.79 Å². The van der Waals surface area contributed by atoms with Gasteiger partial charge >= 0.3 is 5.97 Å². The molecule has 5 rings (SSSR count). The molecule has 2 aromatic heterocycles. The minimum Gasteiger partial charge on any atom is -0.504 e. The summed E-state index contributed by atoms with van der Waals surface area (Å²) in [5, 5.41) is 25.3. The van der Waals surface area contributed by atoms with Crippen molar-refractivity contribution in [2.75, 3.05) is 5.73 Å². The fourth-order valence-corrected chi connectivity index (χ4v) is 4.18. The van der Waals surface area contributed by atoms with Crippen molar-refractivity contribution in [2.24, 2.45) is 0 Å². The van der Waals surface area contributed by atoms with Crippen LogP contribution in [0.5, 0.6) is 23.0 Å². The average molecular weight is 501 g/mol. The van der Waals surface area contributed by atoms with Crippen molar-refractivity contribution in [3.05, 3.63) is 76.6 Å². The number of nitrogens with one attached hydrogen (secondary N) is 1. The molecular formula is C27H24N4O6. The van der Waals surface area contributed by atoms with Crippen LogP contribution in [-0.4, -0.2) is 37.1 Å². The first-order valence-electron chi connectivity index (χ1n) is 11.6. The van der Waals surface area contributed by atoms with E-state index in [1.165, 1.54) is 10.7 Å². The van der Waals surface area contributed by atoms with Gasteiger partial charge < -0.3 is 30.4 Å². The summed E-state index contributed by atoms with van der Waals surface area (Å²) in [4.78, 5) is 27.1. The third-order valence-corrected chi connectivity index (χ3v) is 6.04. The second-order valence-electron chi connectivity index (χ2n) is 8.56. The van der Waals surface area contributed by atoms with Crippen LogP contribution in [0.1, 0.15) is 18.9 Å². The maximum Gasteiger partial charge on any atom is 0.344 e. The van der Waals surface area contributed by atoms with Gasteiger partial charge in [0.15, 0.2) is 17.6 Å². The maximum absolute atomic E-state index is 13.0. The Morgan fingerprint density at radius 2 is 1.89 bits per heavy atom. The molecule has 0 aliphatic carbocycles. The van der Waals surface area contributed by atoms with Crippen molar-refractivity contribution >= 4 is 33.6 Å². The van der Waals surface area contributed by atoms with Crippen molar-refractivity contribution in [3.8, 4) is 28.7 Å². The van der Waals surface area contributed by atoms with Crippen molar-refractivity contribution in [3.63, 3.8) is 0 Å². The number of carboxylic acids is 1. The molecule has 0 amide bonds. The number of aryl methyl sites for hydroxylation is 1. The van der Waals surface area contributed by atoms with E-state index in [4.69, 9.17) is 15.2 Å². The lowest BCUT2D eigenvalue weighted by molar-refractivity contribution is -0.145. The number of phenols is 1. The summed E-state index contributed by atoms with van der Waals surface area (Å²) in [6, 6.07) is 17.1. The number of carboxylic acid groups (broad SMARTS) is 1. The Balaban J connectivity index is 1.59. The second-order valence-corrected chi connectivity index (χ2v) is 8.56. The number of aromatic nitrogens is 3. The molecule has 188 valence electrons. The van der Waals surface area contributed by atoms with Crippen molar-refractivity contribution in [1.82, 2.24) is 14.8 Å². The number of aromatic hydroxyl groups is 1. The molecule has 0 spiro atoms. The largest absolute Gasteiger partial charge is 0.504 e. The predicted molar refractivity (Wildman–Crippen MR) is 139 cm³/mol. The van der Waals surface area contributed by atoms with E-state index in [1.807, 2.05) is 25.1 Å². The SMILES string of the molecule is CCC(Oc1ccc2c(c1)[nH]c(=O)c1c(N)n(-c3cc(O)c(Oc4ccccc4)cc3C)nc12)C(=O)O. The lowest BCUT2D eigenvalue weighted by Gasteiger charge is -2.13. The van der Waals surface area contributed by atoms with Gasteiger partial charge in [0.1, 0.15) is 28.2 Å². The number of H-pyrrole nitrogens is 1. The quantitative estimate of drug-likeness (QED) is 0.255. The maximum atomic E-state index is 13.0. The van der Waals surface area contributed by atoms with Gasteiger partial charge in [-0.2, -0.15) is 5.10 Å². The number of pyridine rings is 1. The highest BCUT2D eigenvalue weighted by molar-refractivity contribution is 6.07. The number of nitrogens with zero attached hydrogens (tertiary/aromatic N) is 2. The third kappa shape index (κ3) is 4.29. The van der Waals surface area contributed by atoms with Gasteiger partial charge in [0.25, 0.3) is 5.56 Å². The standard InChI is InChI=1S/C27H24N4O6/c1-3-21(27(34)35)37-16-9-10-17-18(12-16)29-26(33)23-24(17)30-31(25(23)28)19-13-20(32)22(11-14(19)2)36-15-7-5-4-6-8-15/h4-13,21,32H,3,28H2,1-2H3,(H,29,33)(H,34,35). The molecule has 0 radical (unpaired) electrons. The first kappa shape index (κ1) is 23.7. The summed E-state index contributed by atoms with van der Waals surface area (Å²) < 4.78 is 12.8. The monoisotopic (exact) mass is 500 g/mol. The van der Waals surface area contributed by atoms with E-state index in [9.17, 15) is 19.8 Å². The van der Waals surface area contributed by atoms with Crippen LogP contribution >= 0.6 is 0 Å². The first-order valence-corrected chi connectivity index (χ1v) is 11.6. The highest BCUT2D eigenvalue weighted by atomic mass is 16.5. The Bertz CT molecular complexity index is 1710. The molecule has 5 N–H and O–H groups in total. The normalized spacial score (nSPS) is 12.1. The number of aromatic amines is 1. The number of benzene rings is 3. The second kappa shape index (κ2) is 9.23. The van der Waals surface area contributed by atoms with Gasteiger partial charge in [-0.25, -0.2) is 9.48 Å².